The summed E-state index contributed by atoms with van der Waals surface area (Å²) in [6.07, 6.45) is 2.69. The monoisotopic (exact) mass is 204 g/mol. The number of nitrogens with one attached hydrogen (secondary N) is 1. The van der Waals surface area contributed by atoms with Gasteiger partial charge in [0.25, 0.3) is 0 Å². The van der Waals surface area contributed by atoms with Crippen molar-refractivity contribution < 1.29 is 0 Å². The van der Waals surface area contributed by atoms with Crippen molar-refractivity contribution >= 4 is 5.69 Å². The predicted octanol–water partition coefficient (Wildman–Crippen LogP) is 0.999. The molecule has 0 radical (unpaired) electrons. The Balaban J connectivity index is 2.65. The fraction of sp³-hybridized carbons (Fsp3) is 0.455. The molecule has 0 bridgehead atoms. The van der Waals surface area contributed by atoms with E-state index in [-0.39, 0.29) is 0 Å². The number of anilines is 1. The number of pyridine rings is 1. The summed E-state index contributed by atoms with van der Waals surface area (Å²) < 4.78 is 0. The second-order valence-electron chi connectivity index (χ2n) is 3.36. The molecule has 1 N–H and O–H groups in total. The van der Waals surface area contributed by atoms with Crippen molar-refractivity contribution in [3.63, 3.8) is 0 Å². The van der Waals surface area contributed by atoms with Crippen molar-refractivity contribution in [3.8, 4) is 6.07 Å². The Bertz CT molecular complexity index is 343. The highest BCUT2D eigenvalue weighted by Crippen LogP contribution is 2.15. The van der Waals surface area contributed by atoms with E-state index in [1.165, 1.54) is 0 Å². The fourth-order valence-corrected chi connectivity index (χ4v) is 1.40. The van der Waals surface area contributed by atoms with Gasteiger partial charge in [-0.05, 0) is 32.1 Å². The van der Waals surface area contributed by atoms with Crippen LogP contribution in [0.15, 0.2) is 18.3 Å². The third-order valence-corrected chi connectivity index (χ3v) is 2.22. The van der Waals surface area contributed by atoms with Gasteiger partial charge >= 0.3 is 0 Å². The Kier molecular flexibility index (Phi) is 4.58. The molecule has 80 valence electrons. The minimum atomic E-state index is 0.490. The molecule has 0 fully saturated rings. The van der Waals surface area contributed by atoms with Crippen LogP contribution in [0, 0.1) is 11.3 Å². The highest BCUT2D eigenvalue weighted by molar-refractivity contribution is 5.54. The van der Waals surface area contributed by atoms with Crippen molar-refractivity contribution in [1.29, 1.82) is 5.26 Å². The van der Waals surface area contributed by atoms with Gasteiger partial charge in [-0.15, -0.1) is 0 Å². The van der Waals surface area contributed by atoms with Crippen LogP contribution >= 0.6 is 0 Å². The maximum absolute atomic E-state index is 8.89. The molecule has 0 aliphatic heterocycles. The Morgan fingerprint density at radius 2 is 2.40 bits per heavy atom. The molecule has 0 atom stereocenters. The third kappa shape index (κ3) is 3.22. The largest absolute Gasteiger partial charge is 0.372 e. The van der Waals surface area contributed by atoms with Crippen LogP contribution in [-0.2, 0) is 0 Å². The van der Waals surface area contributed by atoms with E-state index in [4.69, 9.17) is 5.26 Å². The smallest absolute Gasteiger partial charge is 0.163 e. The molecule has 0 aliphatic carbocycles. The standard InChI is InChI=1S/C11H16N4/c1-13-6-4-8-15(2)11-5-3-7-14-10(11)9-12/h3,5,7,13H,4,6,8H2,1-2H3. The van der Waals surface area contributed by atoms with Gasteiger partial charge in [-0.3, -0.25) is 0 Å². The molecule has 1 rings (SSSR count). The molecule has 0 spiro atoms. The molecular weight excluding hydrogens is 188 g/mol. The van der Waals surface area contributed by atoms with Crippen molar-refractivity contribution in [2.45, 2.75) is 6.42 Å². The average Bonchev–Trinajstić information content (AvgIpc) is 2.29. The lowest BCUT2D eigenvalue weighted by Crippen LogP contribution is -2.23. The van der Waals surface area contributed by atoms with E-state index in [9.17, 15) is 0 Å². The first kappa shape index (κ1) is 11.5. The summed E-state index contributed by atoms with van der Waals surface area (Å²) in [6, 6.07) is 5.87. The van der Waals surface area contributed by atoms with E-state index >= 15 is 0 Å². The van der Waals surface area contributed by atoms with E-state index in [0.717, 1.165) is 25.2 Å². The minimum Gasteiger partial charge on any atom is -0.372 e. The molecule has 4 nitrogen and oxygen atoms in total. The topological polar surface area (TPSA) is 52.0 Å². The van der Waals surface area contributed by atoms with Crippen molar-refractivity contribution in [3.05, 3.63) is 24.0 Å². The number of nitrogens with zero attached hydrogens (tertiary/aromatic N) is 3. The maximum atomic E-state index is 8.89. The number of hydrogen-bond acceptors (Lipinski definition) is 4. The SMILES string of the molecule is CNCCCN(C)c1cccnc1C#N. The highest BCUT2D eigenvalue weighted by Gasteiger charge is 2.06. The van der Waals surface area contributed by atoms with Gasteiger partial charge in [0, 0.05) is 19.8 Å². The predicted molar refractivity (Wildman–Crippen MR) is 60.8 cm³/mol. The first-order chi connectivity index (χ1) is 7.29. The number of hydrogen-bond donors (Lipinski definition) is 1. The van der Waals surface area contributed by atoms with E-state index in [1.54, 1.807) is 6.20 Å². The second kappa shape index (κ2) is 5.99. The van der Waals surface area contributed by atoms with Crippen LogP contribution in [0.4, 0.5) is 5.69 Å². The van der Waals surface area contributed by atoms with Crippen molar-refractivity contribution in [2.75, 3.05) is 32.1 Å². The van der Waals surface area contributed by atoms with E-state index in [2.05, 4.69) is 21.3 Å². The van der Waals surface area contributed by atoms with E-state index < -0.39 is 0 Å². The highest BCUT2D eigenvalue weighted by atomic mass is 15.1. The van der Waals surface area contributed by atoms with Crippen LogP contribution in [0.25, 0.3) is 0 Å². The fourth-order valence-electron chi connectivity index (χ4n) is 1.40. The summed E-state index contributed by atoms with van der Waals surface area (Å²) in [7, 11) is 3.91. The quantitative estimate of drug-likeness (QED) is 0.727. The Hall–Kier alpha value is -1.60. The van der Waals surface area contributed by atoms with Gasteiger partial charge in [0.05, 0.1) is 5.69 Å². The number of aromatic nitrogens is 1. The first-order valence-corrected chi connectivity index (χ1v) is 5.00. The van der Waals surface area contributed by atoms with Crippen LogP contribution in [0.2, 0.25) is 0 Å². The van der Waals surface area contributed by atoms with Gasteiger partial charge in [0.1, 0.15) is 6.07 Å². The molecule has 0 aromatic carbocycles. The number of nitriles is 1. The van der Waals surface area contributed by atoms with Gasteiger partial charge < -0.3 is 10.2 Å². The van der Waals surface area contributed by atoms with Gasteiger partial charge in [-0.25, -0.2) is 4.98 Å². The second-order valence-corrected chi connectivity index (χ2v) is 3.36. The summed E-state index contributed by atoms with van der Waals surface area (Å²) in [5.41, 5.74) is 1.39. The summed E-state index contributed by atoms with van der Waals surface area (Å²) >= 11 is 0. The molecule has 0 unspecified atom stereocenters. The zero-order valence-corrected chi connectivity index (χ0v) is 9.20. The summed E-state index contributed by atoms with van der Waals surface area (Å²) in [5.74, 6) is 0. The normalized spacial score (nSPS) is 9.67. The van der Waals surface area contributed by atoms with Gasteiger partial charge in [-0.1, -0.05) is 0 Å². The van der Waals surface area contributed by atoms with Crippen LogP contribution in [0.1, 0.15) is 12.1 Å². The molecule has 0 saturated carbocycles. The molecule has 0 aliphatic rings. The van der Waals surface area contributed by atoms with Crippen LogP contribution in [-0.4, -0.2) is 32.2 Å². The molecule has 0 amide bonds. The summed E-state index contributed by atoms with van der Waals surface area (Å²) in [4.78, 5) is 6.09. The average molecular weight is 204 g/mol. The molecule has 1 aromatic rings. The van der Waals surface area contributed by atoms with E-state index in [0.29, 0.717) is 5.69 Å². The Labute approximate surface area is 90.5 Å². The van der Waals surface area contributed by atoms with Crippen LogP contribution in [0.5, 0.6) is 0 Å². The first-order valence-electron chi connectivity index (χ1n) is 5.00. The molecule has 4 heteroatoms. The van der Waals surface area contributed by atoms with Gasteiger partial charge in [0.2, 0.25) is 0 Å². The van der Waals surface area contributed by atoms with Crippen LogP contribution < -0.4 is 10.2 Å². The van der Waals surface area contributed by atoms with Crippen molar-refractivity contribution in [2.24, 2.45) is 0 Å². The molecule has 1 heterocycles. The number of rotatable bonds is 5. The van der Waals surface area contributed by atoms with Crippen LogP contribution in [0.3, 0.4) is 0 Å². The zero-order chi connectivity index (χ0) is 11.1. The van der Waals surface area contributed by atoms with Crippen molar-refractivity contribution in [1.82, 2.24) is 10.3 Å². The summed E-state index contributed by atoms with van der Waals surface area (Å²) in [6.45, 7) is 1.90. The third-order valence-electron chi connectivity index (χ3n) is 2.22. The maximum Gasteiger partial charge on any atom is 0.163 e. The van der Waals surface area contributed by atoms with Gasteiger partial charge in [-0.2, -0.15) is 5.26 Å². The molecule has 0 saturated heterocycles. The zero-order valence-electron chi connectivity index (χ0n) is 9.20. The molecule has 1 aromatic heterocycles. The lowest BCUT2D eigenvalue weighted by Gasteiger charge is -2.19. The minimum absolute atomic E-state index is 0.490. The lowest BCUT2D eigenvalue weighted by molar-refractivity contribution is 0.712. The Morgan fingerprint density at radius 1 is 1.60 bits per heavy atom. The van der Waals surface area contributed by atoms with E-state index in [1.807, 2.05) is 26.2 Å². The Morgan fingerprint density at radius 3 is 3.07 bits per heavy atom. The van der Waals surface area contributed by atoms with Gasteiger partial charge in [0.15, 0.2) is 5.69 Å². The molecular formula is C11H16N4. The summed E-state index contributed by atoms with van der Waals surface area (Å²) in [5, 5.41) is 12.0. The lowest BCUT2D eigenvalue weighted by atomic mass is 10.2. The molecule has 15 heavy (non-hydrogen) atoms.